The van der Waals surface area contributed by atoms with E-state index in [0.717, 1.165) is 31.5 Å². The largest absolute Gasteiger partial charge is 0.508 e. The molecule has 1 aliphatic heterocycles. The fraction of sp³-hybridized carbons (Fsp3) is 0.562. The van der Waals surface area contributed by atoms with E-state index in [0.29, 0.717) is 12.5 Å². The van der Waals surface area contributed by atoms with E-state index in [1.807, 2.05) is 26.0 Å². The highest BCUT2D eigenvalue weighted by atomic mass is 16.3. The molecule has 1 saturated heterocycles. The van der Waals surface area contributed by atoms with E-state index in [9.17, 15) is 9.90 Å². The lowest BCUT2D eigenvalue weighted by Gasteiger charge is -2.36. The summed E-state index contributed by atoms with van der Waals surface area (Å²) in [5, 5.41) is 16.0. The first-order valence-corrected chi connectivity index (χ1v) is 7.27. The molecule has 1 heterocycles. The summed E-state index contributed by atoms with van der Waals surface area (Å²) in [7, 11) is 0. The van der Waals surface area contributed by atoms with Crippen LogP contribution in [0.15, 0.2) is 24.3 Å². The minimum atomic E-state index is -0.391. The van der Waals surface area contributed by atoms with Crippen molar-refractivity contribution in [2.45, 2.75) is 33.2 Å². The third kappa shape index (κ3) is 3.31. The molecule has 4 heteroatoms. The van der Waals surface area contributed by atoms with Gasteiger partial charge in [0.2, 0.25) is 5.91 Å². The summed E-state index contributed by atoms with van der Waals surface area (Å²) >= 11 is 0. The topological polar surface area (TPSA) is 61.4 Å². The van der Waals surface area contributed by atoms with Gasteiger partial charge in [-0.2, -0.15) is 0 Å². The predicted molar refractivity (Wildman–Crippen MR) is 79.3 cm³/mol. The molecule has 4 nitrogen and oxygen atoms in total. The summed E-state index contributed by atoms with van der Waals surface area (Å²) in [4.78, 5) is 12.4. The molecule has 0 bridgehead atoms. The average Bonchev–Trinajstić information content (AvgIpc) is 2.47. The Morgan fingerprint density at radius 2 is 2.20 bits per heavy atom. The van der Waals surface area contributed by atoms with E-state index in [1.54, 1.807) is 12.1 Å². The molecular weight excluding hydrogens is 252 g/mol. The molecule has 1 atom stereocenters. The van der Waals surface area contributed by atoms with Crippen molar-refractivity contribution in [1.29, 1.82) is 0 Å². The van der Waals surface area contributed by atoms with Crippen LogP contribution in [0.4, 0.5) is 0 Å². The molecular formula is C16H24N2O2. The van der Waals surface area contributed by atoms with E-state index in [-0.39, 0.29) is 11.7 Å². The fourth-order valence-corrected chi connectivity index (χ4v) is 2.72. The molecule has 0 spiro atoms. The average molecular weight is 276 g/mol. The zero-order valence-electron chi connectivity index (χ0n) is 12.3. The van der Waals surface area contributed by atoms with E-state index in [1.165, 1.54) is 0 Å². The van der Waals surface area contributed by atoms with E-state index >= 15 is 0 Å². The van der Waals surface area contributed by atoms with E-state index < -0.39 is 5.41 Å². The van der Waals surface area contributed by atoms with Crippen molar-refractivity contribution in [3.8, 4) is 5.75 Å². The molecule has 0 radical (unpaired) electrons. The molecule has 0 saturated carbocycles. The zero-order valence-corrected chi connectivity index (χ0v) is 12.3. The molecule has 0 aliphatic carbocycles. The molecule has 1 fully saturated rings. The predicted octanol–water partition coefficient (Wildman–Crippen LogP) is 2.03. The number of para-hydroxylation sites is 1. The van der Waals surface area contributed by atoms with Gasteiger partial charge in [0.05, 0.1) is 0 Å². The standard InChI is InChI=1S/C16H24N2O2/c1-16(2,13-7-5-9-17-11-13)15(20)18-10-12-6-3-4-8-14(12)19/h3-4,6,8,13,17,19H,5,7,9-11H2,1-2H3,(H,18,20). The highest BCUT2D eigenvalue weighted by molar-refractivity contribution is 5.82. The molecule has 1 amide bonds. The van der Waals surface area contributed by atoms with Gasteiger partial charge in [-0.25, -0.2) is 0 Å². The number of piperidine rings is 1. The summed E-state index contributed by atoms with van der Waals surface area (Å²) in [5.74, 6) is 0.639. The Hall–Kier alpha value is -1.55. The number of phenolic OH excluding ortho intramolecular Hbond substituents is 1. The molecule has 1 aliphatic rings. The van der Waals surface area contributed by atoms with Crippen LogP contribution in [-0.2, 0) is 11.3 Å². The van der Waals surface area contributed by atoms with Crippen LogP contribution in [0, 0.1) is 11.3 Å². The quantitative estimate of drug-likeness (QED) is 0.788. The summed E-state index contributed by atoms with van der Waals surface area (Å²) in [5.41, 5.74) is 0.357. The van der Waals surface area contributed by atoms with Crippen LogP contribution in [-0.4, -0.2) is 24.1 Å². The lowest BCUT2D eigenvalue weighted by atomic mass is 9.74. The smallest absolute Gasteiger partial charge is 0.226 e. The van der Waals surface area contributed by atoms with Gasteiger partial charge in [0, 0.05) is 17.5 Å². The Morgan fingerprint density at radius 1 is 1.45 bits per heavy atom. The minimum Gasteiger partial charge on any atom is -0.508 e. The number of benzene rings is 1. The Morgan fingerprint density at radius 3 is 2.85 bits per heavy atom. The number of amides is 1. The lowest BCUT2D eigenvalue weighted by molar-refractivity contribution is -0.132. The van der Waals surface area contributed by atoms with Crippen molar-refractivity contribution in [3.05, 3.63) is 29.8 Å². The molecule has 3 N–H and O–H groups in total. The number of hydrogen-bond donors (Lipinski definition) is 3. The summed E-state index contributed by atoms with van der Waals surface area (Å²) in [6, 6.07) is 7.10. The van der Waals surface area contributed by atoms with Crippen LogP contribution in [0.25, 0.3) is 0 Å². The third-order valence-corrected chi connectivity index (χ3v) is 4.33. The number of carbonyl (C=O) groups is 1. The van der Waals surface area contributed by atoms with Crippen molar-refractivity contribution in [1.82, 2.24) is 10.6 Å². The van der Waals surface area contributed by atoms with Crippen molar-refractivity contribution >= 4 is 5.91 Å². The highest BCUT2D eigenvalue weighted by Crippen LogP contribution is 2.32. The Bertz CT molecular complexity index is 465. The van der Waals surface area contributed by atoms with E-state index in [4.69, 9.17) is 0 Å². The van der Waals surface area contributed by atoms with Gasteiger partial charge in [0.25, 0.3) is 0 Å². The number of carbonyl (C=O) groups excluding carboxylic acids is 1. The van der Waals surface area contributed by atoms with Crippen LogP contribution in [0.5, 0.6) is 5.75 Å². The fourth-order valence-electron chi connectivity index (χ4n) is 2.72. The molecule has 20 heavy (non-hydrogen) atoms. The van der Waals surface area contributed by atoms with Crippen molar-refractivity contribution in [2.24, 2.45) is 11.3 Å². The van der Waals surface area contributed by atoms with Gasteiger partial charge >= 0.3 is 0 Å². The molecule has 1 aromatic carbocycles. The number of aromatic hydroxyl groups is 1. The normalized spacial score (nSPS) is 19.6. The van der Waals surface area contributed by atoms with Crippen LogP contribution >= 0.6 is 0 Å². The molecule has 2 rings (SSSR count). The van der Waals surface area contributed by atoms with Gasteiger partial charge in [0.15, 0.2) is 0 Å². The summed E-state index contributed by atoms with van der Waals surface area (Å²) in [6.07, 6.45) is 2.21. The third-order valence-electron chi connectivity index (χ3n) is 4.33. The maximum atomic E-state index is 12.4. The maximum absolute atomic E-state index is 12.4. The van der Waals surface area contributed by atoms with Gasteiger partial charge in [0.1, 0.15) is 5.75 Å². The van der Waals surface area contributed by atoms with Crippen LogP contribution in [0.3, 0.4) is 0 Å². The van der Waals surface area contributed by atoms with Gasteiger partial charge in [-0.05, 0) is 37.9 Å². The number of nitrogens with one attached hydrogen (secondary N) is 2. The second-order valence-corrected chi connectivity index (χ2v) is 6.08. The molecule has 110 valence electrons. The van der Waals surface area contributed by atoms with Gasteiger partial charge in [-0.3, -0.25) is 4.79 Å². The van der Waals surface area contributed by atoms with Crippen LogP contribution < -0.4 is 10.6 Å². The van der Waals surface area contributed by atoms with Crippen LogP contribution in [0.1, 0.15) is 32.3 Å². The minimum absolute atomic E-state index is 0.0504. The van der Waals surface area contributed by atoms with E-state index in [2.05, 4.69) is 10.6 Å². The second kappa shape index (κ2) is 6.27. The summed E-state index contributed by atoms with van der Waals surface area (Å²) in [6.45, 7) is 6.33. The van der Waals surface area contributed by atoms with Crippen molar-refractivity contribution in [3.63, 3.8) is 0 Å². The van der Waals surface area contributed by atoms with Crippen molar-refractivity contribution in [2.75, 3.05) is 13.1 Å². The monoisotopic (exact) mass is 276 g/mol. The SMILES string of the molecule is CC(C)(C(=O)NCc1ccccc1O)C1CCCNC1. The lowest BCUT2D eigenvalue weighted by Crippen LogP contribution is -2.47. The molecule has 0 aromatic heterocycles. The Labute approximate surface area is 120 Å². The highest BCUT2D eigenvalue weighted by Gasteiger charge is 2.37. The van der Waals surface area contributed by atoms with Gasteiger partial charge < -0.3 is 15.7 Å². The first-order valence-electron chi connectivity index (χ1n) is 7.27. The van der Waals surface area contributed by atoms with Gasteiger partial charge in [-0.15, -0.1) is 0 Å². The Balaban J connectivity index is 1.95. The van der Waals surface area contributed by atoms with Gasteiger partial charge in [-0.1, -0.05) is 32.0 Å². The summed E-state index contributed by atoms with van der Waals surface area (Å²) < 4.78 is 0. The first-order chi connectivity index (χ1) is 9.51. The molecule has 1 unspecified atom stereocenters. The second-order valence-electron chi connectivity index (χ2n) is 6.08. The zero-order chi connectivity index (χ0) is 14.6. The number of hydrogen-bond acceptors (Lipinski definition) is 3. The number of rotatable bonds is 4. The maximum Gasteiger partial charge on any atom is 0.226 e. The molecule has 1 aromatic rings. The Kier molecular flexibility index (Phi) is 4.65. The van der Waals surface area contributed by atoms with Crippen molar-refractivity contribution < 1.29 is 9.90 Å². The van der Waals surface area contributed by atoms with Crippen LogP contribution in [0.2, 0.25) is 0 Å². The number of phenols is 1. The first kappa shape index (κ1) is 14.9.